The molecule has 0 unspecified atom stereocenters. The lowest BCUT2D eigenvalue weighted by Gasteiger charge is -2.08. The minimum atomic E-state index is -2.88. The Morgan fingerprint density at radius 1 is 1.25 bits per heavy atom. The number of benzene rings is 1. The van der Waals surface area contributed by atoms with Gasteiger partial charge in [0.25, 0.3) is 0 Å². The van der Waals surface area contributed by atoms with E-state index in [1.807, 2.05) is 6.07 Å². The van der Waals surface area contributed by atoms with Gasteiger partial charge >= 0.3 is 6.61 Å². The smallest absolute Gasteiger partial charge is 0.387 e. The summed E-state index contributed by atoms with van der Waals surface area (Å²) in [6, 6.07) is 8.29. The van der Waals surface area contributed by atoms with Crippen molar-refractivity contribution < 1.29 is 13.5 Å². The highest BCUT2D eigenvalue weighted by molar-refractivity contribution is 9.10. The number of hydrogen-bond acceptors (Lipinski definition) is 3. The largest absolute Gasteiger partial charge is 0.434 e. The van der Waals surface area contributed by atoms with E-state index < -0.39 is 6.61 Å². The van der Waals surface area contributed by atoms with Gasteiger partial charge < -0.3 is 9.72 Å². The molecule has 0 saturated carbocycles. The number of ether oxygens (including phenoxy) is 1. The molecule has 0 aliphatic carbocycles. The third-order valence-corrected chi connectivity index (χ3v) is 3.10. The Bertz CT molecular complexity index is 760. The molecule has 3 aromatic rings. The number of nitrogens with zero attached hydrogens (tertiary/aromatic N) is 2. The quantitative estimate of drug-likeness (QED) is 0.784. The van der Waals surface area contributed by atoms with Gasteiger partial charge in [-0.2, -0.15) is 8.78 Å². The van der Waals surface area contributed by atoms with Crippen molar-refractivity contribution in [3.05, 3.63) is 41.0 Å². The molecule has 0 radical (unpaired) electrons. The Kier molecular flexibility index (Phi) is 3.35. The number of pyridine rings is 1. The van der Waals surface area contributed by atoms with Crippen LogP contribution in [0.1, 0.15) is 0 Å². The predicted molar refractivity (Wildman–Crippen MR) is 73.7 cm³/mol. The highest BCUT2D eigenvalue weighted by Gasteiger charge is 2.14. The van der Waals surface area contributed by atoms with Gasteiger partial charge in [0.2, 0.25) is 0 Å². The number of aromatic amines is 1. The van der Waals surface area contributed by atoms with Crippen LogP contribution in [-0.2, 0) is 0 Å². The molecule has 2 aromatic heterocycles. The fourth-order valence-corrected chi connectivity index (χ4v) is 2.19. The first-order valence-corrected chi connectivity index (χ1v) is 6.48. The Morgan fingerprint density at radius 2 is 2.05 bits per heavy atom. The Hall–Kier alpha value is -2.02. The van der Waals surface area contributed by atoms with Gasteiger partial charge in [0.05, 0.1) is 11.1 Å². The van der Waals surface area contributed by atoms with E-state index in [4.69, 9.17) is 0 Å². The summed E-state index contributed by atoms with van der Waals surface area (Å²) >= 11 is 3.31. The number of alkyl halides is 2. The zero-order valence-electron chi connectivity index (χ0n) is 9.98. The van der Waals surface area contributed by atoms with Crippen LogP contribution < -0.4 is 4.74 Å². The van der Waals surface area contributed by atoms with Gasteiger partial charge in [0.15, 0.2) is 5.65 Å². The Labute approximate surface area is 120 Å². The van der Waals surface area contributed by atoms with Crippen molar-refractivity contribution >= 4 is 27.1 Å². The summed E-state index contributed by atoms with van der Waals surface area (Å²) in [5.74, 6) is 0.502. The first kappa shape index (κ1) is 13.0. The van der Waals surface area contributed by atoms with Crippen molar-refractivity contribution in [2.45, 2.75) is 6.61 Å². The molecule has 0 bridgehead atoms. The third kappa shape index (κ3) is 2.49. The van der Waals surface area contributed by atoms with E-state index in [2.05, 4.69) is 35.6 Å². The van der Waals surface area contributed by atoms with E-state index in [9.17, 15) is 8.78 Å². The number of imidazole rings is 1. The molecule has 0 spiro atoms. The standard InChI is InChI=1S/C13H8BrF2N3O/c14-7-5-9-12(17-6-7)19-11(18-9)8-3-1-2-4-10(8)20-13(15)16/h1-6,13H,(H,17,18,19). The minimum absolute atomic E-state index is 0.0700. The Morgan fingerprint density at radius 3 is 2.85 bits per heavy atom. The van der Waals surface area contributed by atoms with Crippen LogP contribution in [0.2, 0.25) is 0 Å². The normalized spacial score (nSPS) is 11.2. The van der Waals surface area contributed by atoms with Crippen molar-refractivity contribution in [2.24, 2.45) is 0 Å². The average molecular weight is 340 g/mol. The second-order valence-electron chi connectivity index (χ2n) is 3.98. The van der Waals surface area contributed by atoms with E-state index in [-0.39, 0.29) is 5.75 Å². The highest BCUT2D eigenvalue weighted by atomic mass is 79.9. The highest BCUT2D eigenvalue weighted by Crippen LogP contribution is 2.30. The number of fused-ring (bicyclic) bond motifs is 1. The van der Waals surface area contributed by atoms with Gasteiger partial charge in [0.1, 0.15) is 11.6 Å². The lowest BCUT2D eigenvalue weighted by Crippen LogP contribution is -2.03. The molecule has 0 aliphatic rings. The number of nitrogens with one attached hydrogen (secondary N) is 1. The van der Waals surface area contributed by atoms with Crippen LogP contribution in [0.4, 0.5) is 8.78 Å². The van der Waals surface area contributed by atoms with Crippen molar-refractivity contribution in [3.8, 4) is 17.1 Å². The van der Waals surface area contributed by atoms with Crippen LogP contribution in [0, 0.1) is 0 Å². The second kappa shape index (κ2) is 5.16. The maximum atomic E-state index is 12.4. The molecule has 4 nitrogen and oxygen atoms in total. The third-order valence-electron chi connectivity index (χ3n) is 2.66. The molecule has 7 heteroatoms. The van der Waals surface area contributed by atoms with E-state index in [0.29, 0.717) is 22.6 Å². The maximum absolute atomic E-state index is 12.4. The predicted octanol–water partition coefficient (Wildman–Crippen LogP) is 3.99. The lowest BCUT2D eigenvalue weighted by atomic mass is 10.2. The van der Waals surface area contributed by atoms with Gasteiger partial charge in [-0.1, -0.05) is 12.1 Å². The van der Waals surface area contributed by atoms with Gasteiger partial charge in [-0.05, 0) is 34.1 Å². The van der Waals surface area contributed by atoms with Gasteiger partial charge in [-0.25, -0.2) is 9.97 Å². The molecule has 0 fully saturated rings. The zero-order valence-corrected chi connectivity index (χ0v) is 11.6. The van der Waals surface area contributed by atoms with E-state index in [0.717, 1.165) is 4.47 Å². The summed E-state index contributed by atoms with van der Waals surface area (Å²) in [6.07, 6.45) is 1.62. The fourth-order valence-electron chi connectivity index (χ4n) is 1.86. The number of hydrogen-bond donors (Lipinski definition) is 1. The number of H-pyrrole nitrogens is 1. The van der Waals surface area contributed by atoms with Crippen LogP contribution in [0.25, 0.3) is 22.6 Å². The van der Waals surface area contributed by atoms with E-state index in [1.165, 1.54) is 6.07 Å². The van der Waals surface area contributed by atoms with Gasteiger partial charge in [-0.15, -0.1) is 0 Å². The first-order valence-electron chi connectivity index (χ1n) is 5.69. The molecular formula is C13H8BrF2N3O. The molecule has 2 heterocycles. The summed E-state index contributed by atoms with van der Waals surface area (Å²) in [5.41, 5.74) is 1.68. The summed E-state index contributed by atoms with van der Waals surface area (Å²) in [5, 5.41) is 0. The molecule has 0 amide bonds. The summed E-state index contributed by atoms with van der Waals surface area (Å²) < 4.78 is 30.1. The van der Waals surface area contributed by atoms with Crippen molar-refractivity contribution in [2.75, 3.05) is 0 Å². The lowest BCUT2D eigenvalue weighted by molar-refractivity contribution is -0.0494. The van der Waals surface area contributed by atoms with Crippen LogP contribution in [0.15, 0.2) is 41.0 Å². The topological polar surface area (TPSA) is 50.8 Å². The monoisotopic (exact) mass is 339 g/mol. The average Bonchev–Trinajstić information content (AvgIpc) is 2.81. The van der Waals surface area contributed by atoms with Crippen molar-refractivity contribution in [1.82, 2.24) is 15.0 Å². The molecule has 1 aromatic carbocycles. The second-order valence-corrected chi connectivity index (χ2v) is 4.90. The van der Waals surface area contributed by atoms with Gasteiger partial charge in [-0.3, -0.25) is 0 Å². The molecule has 0 atom stereocenters. The number of rotatable bonds is 3. The fraction of sp³-hybridized carbons (Fsp3) is 0.0769. The molecule has 0 saturated heterocycles. The Balaban J connectivity index is 2.10. The number of halogens is 3. The van der Waals surface area contributed by atoms with Crippen LogP contribution >= 0.6 is 15.9 Å². The minimum Gasteiger partial charge on any atom is -0.434 e. The summed E-state index contributed by atoms with van der Waals surface area (Å²) in [4.78, 5) is 11.5. The van der Waals surface area contributed by atoms with Gasteiger partial charge in [0, 0.05) is 10.7 Å². The van der Waals surface area contributed by atoms with E-state index in [1.54, 1.807) is 24.4 Å². The molecule has 20 heavy (non-hydrogen) atoms. The van der Waals surface area contributed by atoms with Crippen LogP contribution in [-0.4, -0.2) is 21.6 Å². The summed E-state index contributed by atoms with van der Waals surface area (Å²) in [7, 11) is 0. The zero-order chi connectivity index (χ0) is 14.1. The van der Waals surface area contributed by atoms with Crippen molar-refractivity contribution in [1.29, 1.82) is 0 Å². The molecule has 0 aliphatic heterocycles. The molecule has 3 rings (SSSR count). The number of aromatic nitrogens is 3. The first-order chi connectivity index (χ1) is 9.63. The van der Waals surface area contributed by atoms with E-state index >= 15 is 0 Å². The van der Waals surface area contributed by atoms with Crippen LogP contribution in [0.3, 0.4) is 0 Å². The molecular weight excluding hydrogens is 332 g/mol. The number of para-hydroxylation sites is 1. The van der Waals surface area contributed by atoms with Crippen LogP contribution in [0.5, 0.6) is 5.75 Å². The SMILES string of the molecule is FC(F)Oc1ccccc1-c1nc2ncc(Br)cc2[nH]1. The molecule has 1 N–H and O–H groups in total. The van der Waals surface area contributed by atoms with Crippen molar-refractivity contribution in [3.63, 3.8) is 0 Å². The maximum Gasteiger partial charge on any atom is 0.387 e. The molecule has 102 valence electrons. The summed E-state index contributed by atoms with van der Waals surface area (Å²) in [6.45, 7) is -2.88.